The highest BCUT2D eigenvalue weighted by molar-refractivity contribution is 6.17. The largest absolute Gasteiger partial charge is 0.503 e. The number of hydrogen-bond acceptors (Lipinski definition) is 6. The van der Waals surface area contributed by atoms with E-state index >= 15 is 0 Å². The van der Waals surface area contributed by atoms with Crippen molar-refractivity contribution in [1.82, 2.24) is 9.97 Å². The fraction of sp³-hybridized carbons (Fsp3) is 0.222. The molecule has 0 spiro atoms. The van der Waals surface area contributed by atoms with Crippen molar-refractivity contribution in [2.75, 3.05) is 7.11 Å². The number of ether oxygens (including phenoxy) is 1. The van der Waals surface area contributed by atoms with E-state index in [0.717, 1.165) is 11.4 Å². The van der Waals surface area contributed by atoms with Crippen LogP contribution in [0.5, 0.6) is 0 Å². The molecule has 1 aromatic heterocycles. The first-order chi connectivity index (χ1) is 12.0. The van der Waals surface area contributed by atoms with Gasteiger partial charge in [-0.1, -0.05) is 29.4 Å². The molecule has 25 heavy (non-hydrogen) atoms. The third-order valence-corrected chi connectivity index (χ3v) is 3.44. The number of rotatable bonds is 7. The van der Waals surface area contributed by atoms with Gasteiger partial charge in [0.25, 0.3) is 0 Å². The average molecular weight is 341 g/mol. The molecule has 0 aliphatic carbocycles. The van der Waals surface area contributed by atoms with Gasteiger partial charge in [0.2, 0.25) is 0 Å². The summed E-state index contributed by atoms with van der Waals surface area (Å²) in [6, 6.07) is 6.94. The third kappa shape index (κ3) is 4.87. The predicted octanol–water partition coefficient (Wildman–Crippen LogP) is 2.72. The highest BCUT2D eigenvalue weighted by Crippen LogP contribution is 2.18. The van der Waals surface area contributed by atoms with Gasteiger partial charge >= 0.3 is 5.97 Å². The summed E-state index contributed by atoms with van der Waals surface area (Å²) in [6.45, 7) is 3.93. The lowest BCUT2D eigenvalue weighted by atomic mass is 10.0. The van der Waals surface area contributed by atoms with Gasteiger partial charge in [-0.2, -0.15) is 0 Å². The predicted molar refractivity (Wildman–Crippen MR) is 93.0 cm³/mol. The zero-order valence-corrected chi connectivity index (χ0v) is 14.3. The first-order valence-corrected chi connectivity index (χ1v) is 7.53. The molecule has 0 saturated heterocycles. The van der Waals surface area contributed by atoms with Crippen LogP contribution in [0, 0.1) is 13.8 Å². The Labute approximate surface area is 145 Å². The zero-order chi connectivity index (χ0) is 18.2. The van der Waals surface area contributed by atoms with E-state index in [1.54, 1.807) is 30.5 Å². The molecule has 2 aromatic rings. The molecule has 0 saturated carbocycles. The third-order valence-electron chi connectivity index (χ3n) is 3.44. The summed E-state index contributed by atoms with van der Waals surface area (Å²) in [5.74, 6) is -1.09. The highest BCUT2D eigenvalue weighted by atomic mass is 16.6. The summed E-state index contributed by atoms with van der Waals surface area (Å²) >= 11 is 0. The molecule has 0 fully saturated rings. The van der Waals surface area contributed by atoms with Crippen LogP contribution in [0.1, 0.15) is 28.2 Å². The topological polar surface area (TPSA) is 93.9 Å². The van der Waals surface area contributed by atoms with Gasteiger partial charge in [0.05, 0.1) is 42.9 Å². The van der Waals surface area contributed by atoms with Crippen molar-refractivity contribution in [1.29, 1.82) is 0 Å². The van der Waals surface area contributed by atoms with Crippen LogP contribution >= 0.6 is 0 Å². The Bertz CT molecular complexity index is 816. The summed E-state index contributed by atoms with van der Waals surface area (Å²) in [6.07, 6.45) is 4.27. The lowest BCUT2D eigenvalue weighted by molar-refractivity contribution is -0.130. The number of oxime groups is 1. The zero-order valence-electron chi connectivity index (χ0n) is 14.3. The van der Waals surface area contributed by atoms with Gasteiger partial charge < -0.3 is 14.7 Å². The second-order valence-electron chi connectivity index (χ2n) is 5.20. The number of nitrogens with zero attached hydrogens (tertiary/aromatic N) is 3. The van der Waals surface area contributed by atoms with Crippen LogP contribution in [0.25, 0.3) is 5.57 Å². The number of hydrogen-bond donors (Lipinski definition) is 1. The maximum atomic E-state index is 11.4. The lowest BCUT2D eigenvalue weighted by Gasteiger charge is -2.06. The molecule has 0 radical (unpaired) electrons. The van der Waals surface area contributed by atoms with E-state index in [4.69, 9.17) is 9.57 Å². The minimum atomic E-state index is -1.09. The van der Waals surface area contributed by atoms with E-state index in [9.17, 15) is 9.90 Å². The molecule has 7 heteroatoms. The Morgan fingerprint density at radius 2 is 2.04 bits per heavy atom. The van der Waals surface area contributed by atoms with E-state index < -0.39 is 5.97 Å². The Balaban J connectivity index is 2.12. The van der Waals surface area contributed by atoms with Crippen LogP contribution < -0.4 is 0 Å². The molecule has 2 rings (SSSR count). The average Bonchev–Trinajstić information content (AvgIpc) is 2.60. The number of aryl methyl sites for hydroxylation is 2. The first kappa shape index (κ1) is 18.1. The number of carboxylic acids is 1. The number of aliphatic carboxylic acids is 1. The van der Waals surface area contributed by atoms with Crippen LogP contribution in [0.4, 0.5) is 0 Å². The molecule has 0 bridgehead atoms. The summed E-state index contributed by atoms with van der Waals surface area (Å²) in [4.78, 5) is 25.2. The van der Waals surface area contributed by atoms with E-state index in [0.29, 0.717) is 16.8 Å². The van der Waals surface area contributed by atoms with Crippen LogP contribution in [0.3, 0.4) is 0 Å². The quantitative estimate of drug-likeness (QED) is 0.360. The molecule has 0 aliphatic rings. The Hall–Kier alpha value is -3.22. The summed E-state index contributed by atoms with van der Waals surface area (Å²) in [7, 11) is 1.40. The van der Waals surface area contributed by atoms with Crippen molar-refractivity contribution in [2.24, 2.45) is 5.16 Å². The summed E-state index contributed by atoms with van der Waals surface area (Å²) in [5, 5.41) is 13.2. The Kier molecular flexibility index (Phi) is 6.22. The normalized spacial score (nSPS) is 11.6. The van der Waals surface area contributed by atoms with Crippen molar-refractivity contribution in [3.63, 3.8) is 0 Å². The van der Waals surface area contributed by atoms with Gasteiger partial charge in [0.1, 0.15) is 5.57 Å². The number of carboxylic acid groups (broad SMARTS) is 1. The van der Waals surface area contributed by atoms with Gasteiger partial charge in [-0.3, -0.25) is 9.97 Å². The summed E-state index contributed by atoms with van der Waals surface area (Å²) < 4.78 is 4.85. The van der Waals surface area contributed by atoms with Crippen LogP contribution in [0.15, 0.2) is 41.9 Å². The molecular weight excluding hydrogens is 322 g/mol. The van der Waals surface area contributed by atoms with Crippen LogP contribution in [-0.4, -0.2) is 34.4 Å². The molecule has 1 N–H and O–H groups in total. The second-order valence-corrected chi connectivity index (χ2v) is 5.20. The number of carbonyl (C=O) groups is 1. The number of aromatic nitrogens is 2. The van der Waals surface area contributed by atoms with Gasteiger partial charge in [-0.25, -0.2) is 4.79 Å². The maximum absolute atomic E-state index is 11.4. The molecule has 0 amide bonds. The van der Waals surface area contributed by atoms with E-state index in [2.05, 4.69) is 15.1 Å². The molecule has 1 aromatic carbocycles. The molecule has 0 unspecified atom stereocenters. The van der Waals surface area contributed by atoms with E-state index in [-0.39, 0.29) is 12.2 Å². The maximum Gasteiger partial charge on any atom is 0.339 e. The van der Waals surface area contributed by atoms with Crippen molar-refractivity contribution >= 4 is 17.8 Å². The molecule has 0 aliphatic heterocycles. The van der Waals surface area contributed by atoms with E-state index in [1.807, 2.05) is 13.8 Å². The molecule has 7 nitrogen and oxygen atoms in total. The number of methoxy groups -OCH3 is 1. The highest BCUT2D eigenvalue weighted by Gasteiger charge is 2.14. The smallest absolute Gasteiger partial charge is 0.339 e. The monoisotopic (exact) mass is 341 g/mol. The van der Waals surface area contributed by atoms with Gasteiger partial charge in [0, 0.05) is 11.1 Å². The molecule has 1 heterocycles. The lowest BCUT2D eigenvalue weighted by Crippen LogP contribution is -2.03. The van der Waals surface area contributed by atoms with E-state index in [1.165, 1.54) is 19.6 Å². The second kappa shape index (κ2) is 8.58. The molecular formula is C18H19N3O4. The Morgan fingerprint density at radius 3 is 2.72 bits per heavy atom. The van der Waals surface area contributed by atoms with Crippen molar-refractivity contribution < 1.29 is 19.5 Å². The molecule has 130 valence electrons. The number of benzene rings is 1. The van der Waals surface area contributed by atoms with Crippen LogP contribution in [0.2, 0.25) is 0 Å². The minimum Gasteiger partial charge on any atom is -0.503 e. The van der Waals surface area contributed by atoms with Crippen LogP contribution in [-0.2, 0) is 21.0 Å². The van der Waals surface area contributed by atoms with Crippen molar-refractivity contribution in [3.05, 3.63) is 64.9 Å². The van der Waals surface area contributed by atoms with Crippen molar-refractivity contribution in [2.45, 2.75) is 20.5 Å². The summed E-state index contributed by atoms with van der Waals surface area (Å²) in [5.41, 5.74) is 3.48. The standard InChI is InChI=1S/C18H19N3O4/c1-12-13(2)21-15(9-19-12)10-25-20-8-14-6-4-5-7-16(14)17(11-24-3)18(22)23/h4-9,11H,10H2,1-3H3,(H,22,23)/b17-11+,20-8?. The minimum absolute atomic E-state index is 0.0320. The fourth-order valence-corrected chi connectivity index (χ4v) is 2.06. The van der Waals surface area contributed by atoms with Gasteiger partial charge in [-0.05, 0) is 13.8 Å². The first-order valence-electron chi connectivity index (χ1n) is 7.53. The van der Waals surface area contributed by atoms with Gasteiger partial charge in [0.15, 0.2) is 6.61 Å². The fourth-order valence-electron chi connectivity index (χ4n) is 2.06. The SMILES string of the molecule is CO/C=C(/C(=O)O)c1ccccc1C=NOCc1cnc(C)c(C)n1. The molecule has 0 atom stereocenters. The van der Waals surface area contributed by atoms with Crippen molar-refractivity contribution in [3.8, 4) is 0 Å². The Morgan fingerprint density at radius 1 is 1.28 bits per heavy atom. The van der Waals surface area contributed by atoms with Gasteiger partial charge in [-0.15, -0.1) is 0 Å².